The van der Waals surface area contributed by atoms with Gasteiger partial charge in [0.1, 0.15) is 0 Å². The minimum absolute atomic E-state index is 0.0233. The van der Waals surface area contributed by atoms with Crippen LogP contribution in [0, 0.1) is 6.92 Å². The van der Waals surface area contributed by atoms with Crippen molar-refractivity contribution in [3.63, 3.8) is 0 Å². The third-order valence-corrected chi connectivity index (χ3v) is 2.62. The van der Waals surface area contributed by atoms with E-state index in [-0.39, 0.29) is 11.3 Å². The van der Waals surface area contributed by atoms with Crippen molar-refractivity contribution in [3.8, 4) is 11.3 Å². The van der Waals surface area contributed by atoms with E-state index in [4.69, 9.17) is 5.73 Å². The summed E-state index contributed by atoms with van der Waals surface area (Å²) in [5.74, 6) is 0. The van der Waals surface area contributed by atoms with E-state index in [2.05, 4.69) is 10.2 Å². The summed E-state index contributed by atoms with van der Waals surface area (Å²) in [5, 5.41) is 7.40. The molecule has 0 bridgehead atoms. The maximum atomic E-state index is 12.8. The number of aromatic nitrogens is 2. The second-order valence-electron chi connectivity index (χ2n) is 3.84. The molecule has 0 unspecified atom stereocenters. The van der Waals surface area contributed by atoms with E-state index in [1.165, 1.54) is 19.2 Å². The van der Waals surface area contributed by atoms with Crippen LogP contribution in [0.4, 0.5) is 18.9 Å². The average molecular weight is 253 g/mol. The second kappa shape index (κ2) is 4.29. The number of nitrogens with two attached hydrogens (primary N) is 1. The van der Waals surface area contributed by atoms with E-state index < -0.39 is 11.7 Å². The molecular formula is C12H10F3N3. The molecule has 2 rings (SSSR count). The first-order valence-electron chi connectivity index (χ1n) is 5.15. The fourth-order valence-corrected chi connectivity index (χ4v) is 1.63. The van der Waals surface area contributed by atoms with Crippen LogP contribution in [0.15, 0.2) is 30.5 Å². The molecule has 94 valence electrons. The minimum Gasteiger partial charge on any atom is -0.398 e. The molecule has 2 N–H and O–H groups in total. The fraction of sp³-hybridized carbons (Fsp3) is 0.167. The van der Waals surface area contributed by atoms with E-state index in [0.29, 0.717) is 11.3 Å². The van der Waals surface area contributed by atoms with E-state index in [0.717, 1.165) is 6.07 Å². The van der Waals surface area contributed by atoms with E-state index in [1.54, 1.807) is 12.1 Å². The predicted octanol–water partition coefficient (Wildman–Crippen LogP) is 3.05. The van der Waals surface area contributed by atoms with E-state index >= 15 is 0 Å². The van der Waals surface area contributed by atoms with Crippen LogP contribution in [0.5, 0.6) is 0 Å². The van der Waals surface area contributed by atoms with Gasteiger partial charge in [0.25, 0.3) is 0 Å². The Hall–Kier alpha value is -2.11. The zero-order chi connectivity index (χ0) is 13.3. The molecule has 0 aliphatic carbocycles. The molecule has 0 atom stereocenters. The molecule has 0 amide bonds. The first kappa shape index (κ1) is 12.3. The van der Waals surface area contributed by atoms with Gasteiger partial charge in [0, 0.05) is 17.4 Å². The first-order chi connectivity index (χ1) is 8.39. The molecule has 6 heteroatoms. The van der Waals surface area contributed by atoms with E-state index in [1.807, 2.05) is 0 Å². The van der Waals surface area contributed by atoms with Crippen LogP contribution in [-0.2, 0) is 6.18 Å². The lowest BCUT2D eigenvalue weighted by Crippen LogP contribution is -2.09. The van der Waals surface area contributed by atoms with Crippen molar-refractivity contribution in [2.75, 3.05) is 5.73 Å². The fourth-order valence-electron chi connectivity index (χ4n) is 1.63. The number of benzene rings is 1. The Morgan fingerprint density at radius 3 is 2.50 bits per heavy atom. The highest BCUT2D eigenvalue weighted by Gasteiger charge is 2.33. The number of rotatable bonds is 1. The quantitative estimate of drug-likeness (QED) is 0.795. The van der Waals surface area contributed by atoms with Gasteiger partial charge < -0.3 is 5.73 Å². The molecule has 1 aromatic carbocycles. The normalized spacial score (nSPS) is 11.6. The summed E-state index contributed by atoms with van der Waals surface area (Å²) in [6.07, 6.45) is -2.98. The SMILES string of the molecule is Cc1c(N)cc(-c2cccnn2)cc1C(F)(F)F. The van der Waals surface area contributed by atoms with Crippen molar-refractivity contribution in [1.82, 2.24) is 10.2 Å². The van der Waals surface area contributed by atoms with Crippen molar-refractivity contribution in [1.29, 1.82) is 0 Å². The van der Waals surface area contributed by atoms with Gasteiger partial charge in [0.2, 0.25) is 0 Å². The molecule has 1 aromatic heterocycles. The Morgan fingerprint density at radius 2 is 1.94 bits per heavy atom. The summed E-state index contributed by atoms with van der Waals surface area (Å²) in [6.45, 7) is 1.35. The smallest absolute Gasteiger partial charge is 0.398 e. The van der Waals surface area contributed by atoms with Crippen molar-refractivity contribution >= 4 is 5.69 Å². The third kappa shape index (κ3) is 2.27. The highest BCUT2D eigenvalue weighted by molar-refractivity contribution is 5.68. The van der Waals surface area contributed by atoms with Crippen molar-refractivity contribution in [2.45, 2.75) is 13.1 Å². The summed E-state index contributed by atoms with van der Waals surface area (Å²) < 4.78 is 38.5. The monoisotopic (exact) mass is 253 g/mol. The molecule has 0 aliphatic heterocycles. The number of alkyl halides is 3. The van der Waals surface area contributed by atoms with Crippen molar-refractivity contribution in [3.05, 3.63) is 41.6 Å². The number of nitrogens with zero attached hydrogens (tertiary/aromatic N) is 2. The molecular weight excluding hydrogens is 243 g/mol. The van der Waals surface area contributed by atoms with Gasteiger partial charge in [-0.05, 0) is 36.8 Å². The van der Waals surface area contributed by atoms with Gasteiger partial charge in [-0.3, -0.25) is 0 Å². The molecule has 1 heterocycles. The number of hydrogen-bond donors (Lipinski definition) is 1. The summed E-state index contributed by atoms with van der Waals surface area (Å²) in [7, 11) is 0. The average Bonchev–Trinajstić information content (AvgIpc) is 2.32. The Labute approximate surface area is 101 Å². The van der Waals surface area contributed by atoms with Crippen molar-refractivity contribution in [2.24, 2.45) is 0 Å². The summed E-state index contributed by atoms with van der Waals surface area (Å²) in [6, 6.07) is 5.69. The zero-order valence-corrected chi connectivity index (χ0v) is 9.49. The molecule has 0 saturated heterocycles. The van der Waals surface area contributed by atoms with Gasteiger partial charge in [-0.25, -0.2) is 0 Å². The lowest BCUT2D eigenvalue weighted by atomic mass is 10.0. The molecule has 2 aromatic rings. The number of anilines is 1. The molecule has 18 heavy (non-hydrogen) atoms. The lowest BCUT2D eigenvalue weighted by Gasteiger charge is -2.14. The predicted molar refractivity (Wildman–Crippen MR) is 61.6 cm³/mol. The van der Waals surface area contributed by atoms with Crippen LogP contribution in [0.2, 0.25) is 0 Å². The van der Waals surface area contributed by atoms with Crippen LogP contribution in [0.1, 0.15) is 11.1 Å². The number of nitrogen functional groups attached to an aromatic ring is 1. The third-order valence-electron chi connectivity index (χ3n) is 2.62. The van der Waals surface area contributed by atoms with Crippen molar-refractivity contribution < 1.29 is 13.2 Å². The maximum Gasteiger partial charge on any atom is 0.416 e. The van der Waals surface area contributed by atoms with Crippen LogP contribution in [0.25, 0.3) is 11.3 Å². The summed E-state index contributed by atoms with van der Waals surface area (Å²) >= 11 is 0. The summed E-state index contributed by atoms with van der Waals surface area (Å²) in [5.41, 5.74) is 5.63. The first-order valence-corrected chi connectivity index (χ1v) is 5.15. The Balaban J connectivity index is 2.62. The Kier molecular flexibility index (Phi) is 2.94. The van der Waals surface area contributed by atoms with Gasteiger partial charge in [-0.15, -0.1) is 0 Å². The van der Waals surface area contributed by atoms with Crippen LogP contribution in [-0.4, -0.2) is 10.2 Å². The number of hydrogen-bond acceptors (Lipinski definition) is 3. The second-order valence-corrected chi connectivity index (χ2v) is 3.84. The molecule has 0 fully saturated rings. The standard InChI is InChI=1S/C12H10F3N3/c1-7-9(12(13,14)15)5-8(6-10(7)16)11-3-2-4-17-18-11/h2-6H,16H2,1H3. The van der Waals surface area contributed by atoms with Crippen LogP contribution >= 0.6 is 0 Å². The van der Waals surface area contributed by atoms with Gasteiger partial charge in [0.05, 0.1) is 11.3 Å². The number of halogens is 3. The topological polar surface area (TPSA) is 51.8 Å². The van der Waals surface area contributed by atoms with Crippen LogP contribution in [0.3, 0.4) is 0 Å². The molecule has 0 saturated carbocycles. The van der Waals surface area contributed by atoms with E-state index in [9.17, 15) is 13.2 Å². The minimum atomic E-state index is -4.43. The molecule has 0 aliphatic rings. The Morgan fingerprint density at radius 1 is 1.22 bits per heavy atom. The van der Waals surface area contributed by atoms with Crippen LogP contribution < -0.4 is 5.73 Å². The highest BCUT2D eigenvalue weighted by atomic mass is 19.4. The van der Waals surface area contributed by atoms with Gasteiger partial charge in [-0.2, -0.15) is 23.4 Å². The highest BCUT2D eigenvalue weighted by Crippen LogP contribution is 2.36. The van der Waals surface area contributed by atoms with Gasteiger partial charge in [0.15, 0.2) is 0 Å². The summed E-state index contributed by atoms with van der Waals surface area (Å²) in [4.78, 5) is 0. The zero-order valence-electron chi connectivity index (χ0n) is 9.49. The molecule has 0 spiro atoms. The molecule has 0 radical (unpaired) electrons. The van der Waals surface area contributed by atoms with Gasteiger partial charge >= 0.3 is 6.18 Å². The lowest BCUT2D eigenvalue weighted by molar-refractivity contribution is -0.137. The molecule has 3 nitrogen and oxygen atoms in total. The maximum absolute atomic E-state index is 12.8. The Bertz CT molecular complexity index is 565. The largest absolute Gasteiger partial charge is 0.416 e. The van der Waals surface area contributed by atoms with Gasteiger partial charge in [-0.1, -0.05) is 0 Å².